The van der Waals surface area contributed by atoms with Gasteiger partial charge in [0.2, 0.25) is 0 Å². The van der Waals surface area contributed by atoms with E-state index >= 15 is 8.78 Å². The first-order valence-corrected chi connectivity index (χ1v) is 15.7. The van der Waals surface area contributed by atoms with E-state index in [4.69, 9.17) is 13.9 Å². The van der Waals surface area contributed by atoms with Crippen LogP contribution >= 0.6 is 0 Å². The third kappa shape index (κ3) is 5.57. The number of pyridine rings is 1. The van der Waals surface area contributed by atoms with Gasteiger partial charge in [0, 0.05) is 24.5 Å². The van der Waals surface area contributed by atoms with Crippen LogP contribution in [0, 0.1) is 11.6 Å². The fourth-order valence-corrected chi connectivity index (χ4v) is 5.08. The van der Waals surface area contributed by atoms with Crippen molar-refractivity contribution in [3.8, 4) is 17.2 Å². The molecule has 2 aromatic heterocycles. The molecule has 0 N–H and O–H groups in total. The molecular weight excluding hydrogens is 534 g/mol. The van der Waals surface area contributed by atoms with E-state index in [9.17, 15) is 4.79 Å². The molecule has 4 aromatic rings. The normalized spacial score (nSPS) is 12.0. The molecule has 2 heterocycles. The van der Waals surface area contributed by atoms with E-state index in [1.165, 1.54) is 30.0 Å². The van der Waals surface area contributed by atoms with Gasteiger partial charge in [-0.1, -0.05) is 20.8 Å². The number of nitrogens with zero attached hydrogens (tertiary/aromatic N) is 4. The summed E-state index contributed by atoms with van der Waals surface area (Å²) >= 11 is 0. The van der Waals surface area contributed by atoms with Crippen LogP contribution in [0.15, 0.2) is 59.9 Å². The molecule has 8 nitrogen and oxygen atoms in total. The first kappa shape index (κ1) is 29.2. The number of rotatable bonds is 9. The van der Waals surface area contributed by atoms with Crippen LogP contribution in [0.2, 0.25) is 18.1 Å². The van der Waals surface area contributed by atoms with Crippen molar-refractivity contribution in [1.82, 2.24) is 14.5 Å². The van der Waals surface area contributed by atoms with E-state index in [0.29, 0.717) is 16.9 Å². The molecule has 0 bridgehead atoms. The van der Waals surface area contributed by atoms with Gasteiger partial charge < -0.3 is 18.8 Å². The summed E-state index contributed by atoms with van der Waals surface area (Å²) in [5.74, 6) is -2.14. The van der Waals surface area contributed by atoms with Crippen molar-refractivity contribution in [2.45, 2.75) is 38.9 Å². The quantitative estimate of drug-likeness (QED) is 0.221. The summed E-state index contributed by atoms with van der Waals surface area (Å²) in [4.78, 5) is 23.4. The van der Waals surface area contributed by atoms with E-state index in [2.05, 4.69) is 43.8 Å². The van der Waals surface area contributed by atoms with Gasteiger partial charge in [-0.3, -0.25) is 14.3 Å². The maximum atomic E-state index is 15.7. The fraction of sp³-hybridized carbons (Fsp3) is 0.345. The molecule has 2 aromatic carbocycles. The summed E-state index contributed by atoms with van der Waals surface area (Å²) in [6, 6.07) is 9.51. The highest BCUT2D eigenvalue weighted by Gasteiger charge is 2.37. The zero-order chi connectivity index (χ0) is 29.2. The molecule has 0 radical (unpaired) electrons. The zero-order valence-corrected chi connectivity index (χ0v) is 24.8. The van der Waals surface area contributed by atoms with Crippen LogP contribution in [0.5, 0.6) is 11.5 Å². The van der Waals surface area contributed by atoms with Crippen molar-refractivity contribution in [2.24, 2.45) is 0 Å². The number of halogens is 2. The maximum absolute atomic E-state index is 15.7. The smallest absolute Gasteiger partial charge is 0.265 e. The van der Waals surface area contributed by atoms with Crippen LogP contribution in [0.3, 0.4) is 0 Å². The van der Waals surface area contributed by atoms with Crippen LogP contribution in [0.4, 0.5) is 20.2 Å². The van der Waals surface area contributed by atoms with Crippen molar-refractivity contribution < 1.29 is 22.7 Å². The molecule has 40 heavy (non-hydrogen) atoms. The predicted octanol–water partition coefficient (Wildman–Crippen LogP) is 6.24. The van der Waals surface area contributed by atoms with Crippen molar-refractivity contribution in [1.29, 1.82) is 0 Å². The molecular formula is C29H34F2N4O4Si. The average Bonchev–Trinajstić information content (AvgIpc) is 2.92. The molecule has 0 spiro atoms. The second-order valence-electron chi connectivity index (χ2n) is 10.9. The van der Waals surface area contributed by atoms with Crippen LogP contribution < -0.4 is 19.9 Å². The third-order valence-electron chi connectivity index (χ3n) is 7.38. The largest absolute Gasteiger partial charge is 0.493 e. The lowest BCUT2D eigenvalue weighted by Crippen LogP contribution is -2.42. The van der Waals surface area contributed by atoms with Gasteiger partial charge in [0.25, 0.3) is 5.56 Å². The van der Waals surface area contributed by atoms with Gasteiger partial charge in [-0.15, -0.1) is 0 Å². The highest BCUT2D eigenvalue weighted by molar-refractivity contribution is 6.74. The lowest BCUT2D eigenvalue weighted by molar-refractivity contribution is 0.296. The van der Waals surface area contributed by atoms with Crippen molar-refractivity contribution >= 4 is 30.6 Å². The van der Waals surface area contributed by atoms with Gasteiger partial charge in [0.15, 0.2) is 31.5 Å². The molecule has 0 fully saturated rings. The molecule has 0 atom stereocenters. The van der Waals surface area contributed by atoms with Crippen molar-refractivity contribution in [2.75, 3.05) is 32.3 Å². The Labute approximate surface area is 233 Å². The van der Waals surface area contributed by atoms with Crippen LogP contribution in [0.1, 0.15) is 20.8 Å². The summed E-state index contributed by atoms with van der Waals surface area (Å²) in [5, 5.41) is 0.217. The number of ether oxygens (including phenoxy) is 2. The molecule has 11 heteroatoms. The Kier molecular flexibility index (Phi) is 8.27. The molecule has 0 aliphatic heterocycles. The van der Waals surface area contributed by atoms with E-state index in [1.54, 1.807) is 42.7 Å². The minimum Gasteiger partial charge on any atom is -0.493 e. The monoisotopic (exact) mass is 568 g/mol. The van der Waals surface area contributed by atoms with Gasteiger partial charge in [-0.2, -0.15) is 0 Å². The summed E-state index contributed by atoms with van der Waals surface area (Å²) in [7, 11) is 0.431. The summed E-state index contributed by atoms with van der Waals surface area (Å²) in [5.41, 5.74) is 0.645. The van der Waals surface area contributed by atoms with Gasteiger partial charge >= 0.3 is 0 Å². The summed E-state index contributed by atoms with van der Waals surface area (Å²) in [6.45, 7) is 10.9. The van der Waals surface area contributed by atoms with E-state index in [0.717, 1.165) is 6.07 Å². The third-order valence-corrected chi connectivity index (χ3v) is 11.9. The summed E-state index contributed by atoms with van der Waals surface area (Å²) in [6.07, 6.45) is 4.59. The number of aromatic nitrogens is 3. The lowest BCUT2D eigenvalue weighted by Gasteiger charge is -2.37. The standard InChI is InChI=1S/C29H34F2N4O4Si/c1-29(2,3)40(6,7)39-14-13-34(27-25(30)23(37-4)16-24(38-5)26(27)31)19-10-11-22-21(15-19)28(36)35(18-33-22)20-9-8-12-32-17-20/h8-12,15-18H,13-14H2,1-7H3. The Morgan fingerprint density at radius 1 is 1.02 bits per heavy atom. The lowest BCUT2D eigenvalue weighted by atomic mass is 10.1. The second-order valence-corrected chi connectivity index (χ2v) is 15.7. The number of benzene rings is 2. The Balaban J connectivity index is 1.87. The van der Waals surface area contributed by atoms with Gasteiger partial charge in [0.05, 0.1) is 43.6 Å². The second kappa shape index (κ2) is 11.3. The Morgan fingerprint density at radius 3 is 2.27 bits per heavy atom. The Bertz CT molecular complexity index is 1540. The molecule has 212 valence electrons. The topological polar surface area (TPSA) is 78.7 Å². The minimum absolute atomic E-state index is 0.0560. The molecule has 0 aliphatic rings. The van der Waals surface area contributed by atoms with Crippen LogP contribution in [-0.4, -0.2) is 50.2 Å². The van der Waals surface area contributed by atoms with Crippen LogP contribution in [-0.2, 0) is 4.43 Å². The highest BCUT2D eigenvalue weighted by atomic mass is 28.4. The molecule has 0 saturated heterocycles. The van der Waals surface area contributed by atoms with E-state index in [1.807, 2.05) is 0 Å². The Morgan fingerprint density at radius 2 is 1.70 bits per heavy atom. The fourth-order valence-electron chi connectivity index (χ4n) is 4.05. The summed E-state index contributed by atoms with van der Waals surface area (Å²) < 4.78 is 49.6. The van der Waals surface area contributed by atoms with Gasteiger partial charge in [-0.05, 0) is 48.5 Å². The molecule has 4 rings (SSSR count). The zero-order valence-electron chi connectivity index (χ0n) is 23.8. The van der Waals surface area contributed by atoms with Gasteiger partial charge in [0.1, 0.15) is 12.0 Å². The predicted molar refractivity (Wildman–Crippen MR) is 155 cm³/mol. The van der Waals surface area contributed by atoms with Gasteiger partial charge in [-0.25, -0.2) is 13.8 Å². The molecule has 0 aliphatic carbocycles. The van der Waals surface area contributed by atoms with Crippen molar-refractivity contribution in [3.63, 3.8) is 0 Å². The highest BCUT2D eigenvalue weighted by Crippen LogP contribution is 2.41. The Hall–Kier alpha value is -3.83. The number of methoxy groups -OCH3 is 2. The first-order chi connectivity index (χ1) is 18.9. The maximum Gasteiger partial charge on any atom is 0.265 e. The van der Waals surface area contributed by atoms with Crippen molar-refractivity contribution in [3.05, 3.63) is 77.1 Å². The first-order valence-electron chi connectivity index (χ1n) is 12.8. The van der Waals surface area contributed by atoms with E-state index in [-0.39, 0.29) is 46.3 Å². The molecule has 0 unspecified atom stereocenters. The SMILES string of the molecule is COc1cc(OC)c(F)c(N(CCO[Si](C)(C)C(C)(C)C)c2ccc3ncn(-c4cccnc4)c(=O)c3c2)c1F. The number of anilines is 2. The number of fused-ring (bicyclic) bond motifs is 1. The number of hydrogen-bond acceptors (Lipinski definition) is 7. The molecule has 0 amide bonds. The number of hydrogen-bond donors (Lipinski definition) is 0. The molecule has 0 saturated carbocycles. The minimum atomic E-state index is -2.17. The van der Waals surface area contributed by atoms with E-state index < -0.39 is 20.0 Å². The van der Waals surface area contributed by atoms with Crippen LogP contribution in [0.25, 0.3) is 16.6 Å². The average molecular weight is 569 g/mol.